The van der Waals surface area contributed by atoms with E-state index in [0.29, 0.717) is 12.1 Å². The van der Waals surface area contributed by atoms with Crippen LogP contribution in [0.1, 0.15) is 11.4 Å². The number of halogens is 11. The molecule has 0 aliphatic carbocycles. The van der Waals surface area contributed by atoms with Crippen molar-refractivity contribution in [3.05, 3.63) is 34.1 Å². The van der Waals surface area contributed by atoms with Gasteiger partial charge in [-0.05, 0) is 34.1 Å². The molecule has 0 saturated carbocycles. The zero-order valence-corrected chi connectivity index (χ0v) is 16.8. The van der Waals surface area contributed by atoms with E-state index in [4.69, 9.17) is 0 Å². The van der Waals surface area contributed by atoms with Crippen LogP contribution in [0.25, 0.3) is 0 Å². The highest BCUT2D eigenvalue weighted by atomic mass is 79.9. The SMILES string of the molecule is CNc1ccc(C(F)(F)C(F)(F)F)nn1.CNc1nnc(C(F)(F)C(F)(F)F)cc1Br. The normalized spacial score (nSPS) is 12.7. The largest absolute Gasteiger partial charge is 0.459 e. The molecule has 2 aromatic heterocycles. The van der Waals surface area contributed by atoms with Crippen LogP contribution in [0.4, 0.5) is 55.5 Å². The Hall–Kier alpha value is -2.46. The van der Waals surface area contributed by atoms with Crippen LogP contribution >= 0.6 is 15.9 Å². The van der Waals surface area contributed by atoms with E-state index in [1.54, 1.807) is 0 Å². The van der Waals surface area contributed by atoms with Crippen molar-refractivity contribution >= 4 is 27.6 Å². The van der Waals surface area contributed by atoms with Gasteiger partial charge in [0, 0.05) is 14.1 Å². The Labute approximate surface area is 175 Å². The number of alkyl halides is 10. The van der Waals surface area contributed by atoms with Gasteiger partial charge in [-0.15, -0.1) is 20.4 Å². The lowest BCUT2D eigenvalue weighted by atomic mass is 10.2. The lowest BCUT2D eigenvalue weighted by Gasteiger charge is -2.18. The molecule has 31 heavy (non-hydrogen) atoms. The number of nitrogens with zero attached hydrogens (tertiary/aromatic N) is 4. The molecule has 0 atom stereocenters. The summed E-state index contributed by atoms with van der Waals surface area (Å²) in [7, 11) is 2.86. The Kier molecular flexibility index (Phi) is 8.02. The first-order chi connectivity index (χ1) is 14.0. The van der Waals surface area contributed by atoms with E-state index in [1.807, 2.05) is 0 Å². The summed E-state index contributed by atoms with van der Waals surface area (Å²) in [5, 5.41) is 16.9. The van der Waals surface area contributed by atoms with Crippen molar-refractivity contribution in [2.45, 2.75) is 24.2 Å². The first-order valence-electron chi connectivity index (χ1n) is 7.61. The highest BCUT2D eigenvalue weighted by molar-refractivity contribution is 9.10. The maximum Gasteiger partial charge on any atom is 0.459 e. The van der Waals surface area contributed by atoms with E-state index in [1.165, 1.54) is 14.1 Å². The van der Waals surface area contributed by atoms with Gasteiger partial charge in [-0.3, -0.25) is 0 Å². The molecule has 2 aromatic rings. The van der Waals surface area contributed by atoms with Gasteiger partial charge in [-0.2, -0.15) is 43.9 Å². The highest BCUT2D eigenvalue weighted by Crippen LogP contribution is 2.44. The standard InChI is InChI=1S/C7H5BrF5N3.C7H6F5N3/c1-14-5-3(8)2-4(15-16-5)6(9,10)7(11,12)13;1-13-5-3-2-4(14-15-5)6(8,9)7(10,11)12/h2H,1H3,(H,14,16);2-3H,1H3,(H,13,15). The van der Waals surface area contributed by atoms with Crippen LogP contribution in [0.5, 0.6) is 0 Å². The third kappa shape index (κ3) is 6.04. The molecule has 2 rings (SSSR count). The summed E-state index contributed by atoms with van der Waals surface area (Å²) in [6.07, 6.45) is -11.4. The summed E-state index contributed by atoms with van der Waals surface area (Å²) in [5.74, 6) is -9.82. The lowest BCUT2D eigenvalue weighted by Crippen LogP contribution is -2.34. The third-order valence-corrected chi connectivity index (χ3v) is 3.86. The van der Waals surface area contributed by atoms with E-state index in [0.717, 1.165) is 6.07 Å². The van der Waals surface area contributed by atoms with Gasteiger partial charge in [0.2, 0.25) is 0 Å². The minimum Gasteiger partial charge on any atom is -0.372 e. The molecule has 0 aromatic carbocycles. The van der Waals surface area contributed by atoms with Crippen molar-refractivity contribution in [2.75, 3.05) is 24.7 Å². The van der Waals surface area contributed by atoms with Crippen LogP contribution in [0.2, 0.25) is 0 Å². The summed E-state index contributed by atoms with van der Waals surface area (Å²) in [5.41, 5.74) is -2.88. The van der Waals surface area contributed by atoms with Gasteiger partial charge in [0.15, 0.2) is 5.82 Å². The minimum atomic E-state index is -5.69. The second-order valence-corrected chi connectivity index (χ2v) is 6.23. The van der Waals surface area contributed by atoms with Gasteiger partial charge in [-0.25, -0.2) is 0 Å². The molecule has 0 aliphatic rings. The molecule has 0 fully saturated rings. The number of aromatic nitrogens is 4. The predicted octanol–water partition coefficient (Wildman–Crippen LogP) is 5.11. The van der Waals surface area contributed by atoms with Crippen LogP contribution in [0.15, 0.2) is 22.7 Å². The maximum absolute atomic E-state index is 12.8. The van der Waals surface area contributed by atoms with E-state index in [9.17, 15) is 43.9 Å². The van der Waals surface area contributed by atoms with Gasteiger partial charge in [0.25, 0.3) is 0 Å². The molecule has 6 nitrogen and oxygen atoms in total. The van der Waals surface area contributed by atoms with Gasteiger partial charge in [-0.1, -0.05) is 0 Å². The molecule has 174 valence electrons. The van der Waals surface area contributed by atoms with Gasteiger partial charge >= 0.3 is 24.2 Å². The number of hydrogen-bond donors (Lipinski definition) is 2. The Morgan fingerprint density at radius 2 is 1.16 bits per heavy atom. The fourth-order valence-corrected chi connectivity index (χ4v) is 2.11. The quantitative estimate of drug-likeness (QED) is 0.533. The van der Waals surface area contributed by atoms with E-state index < -0.39 is 35.6 Å². The van der Waals surface area contributed by atoms with Crippen molar-refractivity contribution in [3.8, 4) is 0 Å². The van der Waals surface area contributed by atoms with Crippen LogP contribution in [-0.4, -0.2) is 46.8 Å². The molecule has 0 radical (unpaired) electrons. The number of anilines is 2. The summed E-state index contributed by atoms with van der Waals surface area (Å²) < 4.78 is 122. The third-order valence-electron chi connectivity index (χ3n) is 3.26. The molecule has 0 amide bonds. The van der Waals surface area contributed by atoms with E-state index in [-0.39, 0.29) is 16.1 Å². The Morgan fingerprint density at radius 3 is 1.52 bits per heavy atom. The zero-order valence-electron chi connectivity index (χ0n) is 15.2. The molecule has 0 spiro atoms. The average molecular weight is 533 g/mol. The van der Waals surface area contributed by atoms with Crippen LogP contribution in [0.3, 0.4) is 0 Å². The molecular weight excluding hydrogens is 522 g/mol. The first-order valence-corrected chi connectivity index (χ1v) is 8.40. The molecule has 0 aliphatic heterocycles. The molecule has 2 heterocycles. The fraction of sp³-hybridized carbons (Fsp3) is 0.429. The number of nitrogens with one attached hydrogen (secondary N) is 2. The van der Waals surface area contributed by atoms with Crippen molar-refractivity contribution in [1.82, 2.24) is 20.4 Å². The van der Waals surface area contributed by atoms with Crippen LogP contribution < -0.4 is 10.6 Å². The van der Waals surface area contributed by atoms with E-state index >= 15 is 0 Å². The monoisotopic (exact) mass is 532 g/mol. The molecular formula is C14H11BrF10N6. The summed E-state index contributed by atoms with van der Waals surface area (Å²) in [6, 6.07) is 2.14. The van der Waals surface area contributed by atoms with Crippen molar-refractivity contribution in [1.29, 1.82) is 0 Å². The Morgan fingerprint density at radius 1 is 0.677 bits per heavy atom. The lowest BCUT2D eigenvalue weighted by molar-refractivity contribution is -0.291. The maximum atomic E-state index is 12.8. The first kappa shape index (κ1) is 26.6. The number of hydrogen-bond acceptors (Lipinski definition) is 6. The van der Waals surface area contributed by atoms with E-state index in [2.05, 4.69) is 47.0 Å². The highest BCUT2D eigenvalue weighted by Gasteiger charge is 2.61. The second kappa shape index (κ2) is 9.35. The second-order valence-electron chi connectivity index (χ2n) is 5.37. The zero-order chi connectivity index (χ0) is 24.3. The minimum absolute atomic E-state index is 0.0241. The molecule has 17 heteroatoms. The fourth-order valence-electron chi connectivity index (χ4n) is 1.62. The van der Waals surface area contributed by atoms with Crippen LogP contribution in [0, 0.1) is 0 Å². The van der Waals surface area contributed by atoms with Crippen molar-refractivity contribution in [3.63, 3.8) is 0 Å². The molecule has 0 bridgehead atoms. The smallest absolute Gasteiger partial charge is 0.372 e. The van der Waals surface area contributed by atoms with Gasteiger partial charge in [0.1, 0.15) is 17.2 Å². The predicted molar refractivity (Wildman–Crippen MR) is 90.8 cm³/mol. The Balaban J connectivity index is 0.000000311. The van der Waals surface area contributed by atoms with Crippen molar-refractivity contribution < 1.29 is 43.9 Å². The molecule has 0 unspecified atom stereocenters. The summed E-state index contributed by atoms with van der Waals surface area (Å²) >= 11 is 2.80. The summed E-state index contributed by atoms with van der Waals surface area (Å²) in [4.78, 5) is 0. The molecule has 2 N–H and O–H groups in total. The number of rotatable bonds is 4. The van der Waals surface area contributed by atoms with Crippen LogP contribution in [-0.2, 0) is 11.8 Å². The Bertz CT molecular complexity index is 869. The molecule has 0 saturated heterocycles. The van der Waals surface area contributed by atoms with Gasteiger partial charge < -0.3 is 10.6 Å². The average Bonchev–Trinajstić information content (AvgIpc) is 2.66. The van der Waals surface area contributed by atoms with Gasteiger partial charge in [0.05, 0.1) is 4.47 Å². The topological polar surface area (TPSA) is 75.6 Å². The summed E-state index contributed by atoms with van der Waals surface area (Å²) in [6.45, 7) is 0. The van der Waals surface area contributed by atoms with Crippen molar-refractivity contribution in [2.24, 2.45) is 0 Å².